The van der Waals surface area contributed by atoms with Gasteiger partial charge in [0.15, 0.2) is 0 Å². The number of ether oxygens (including phenoxy) is 3. The van der Waals surface area contributed by atoms with E-state index in [0.29, 0.717) is 12.0 Å². The lowest BCUT2D eigenvalue weighted by Gasteiger charge is -2.33. The molecule has 4 nitrogen and oxygen atoms in total. The van der Waals surface area contributed by atoms with Gasteiger partial charge in [0.1, 0.15) is 17.5 Å². The number of methoxy groups -OCH3 is 2. The van der Waals surface area contributed by atoms with Gasteiger partial charge in [-0.25, -0.2) is 4.79 Å². The van der Waals surface area contributed by atoms with E-state index in [1.54, 1.807) is 7.11 Å². The first-order valence-electron chi connectivity index (χ1n) is 6.22. The Balaban J connectivity index is 2.06. The maximum absolute atomic E-state index is 11.8. The molecule has 4 heteroatoms. The molecule has 3 rings (SSSR count). The molecule has 0 fully saturated rings. The fourth-order valence-corrected chi connectivity index (χ4v) is 2.88. The molecular weight excluding hydrogens is 244 g/mol. The Kier molecular flexibility index (Phi) is 2.64. The highest BCUT2D eigenvalue weighted by Crippen LogP contribution is 2.47. The van der Waals surface area contributed by atoms with Crippen molar-refractivity contribution in [2.24, 2.45) is 0 Å². The van der Waals surface area contributed by atoms with Gasteiger partial charge in [-0.2, -0.15) is 0 Å². The van der Waals surface area contributed by atoms with E-state index in [4.69, 9.17) is 14.2 Å². The Morgan fingerprint density at radius 1 is 1.42 bits per heavy atom. The molecular formula is C15H16O4. The minimum Gasteiger partial charge on any atom is -0.497 e. The summed E-state index contributed by atoms with van der Waals surface area (Å²) in [7, 11) is 3.03. The number of rotatable bonds is 2. The van der Waals surface area contributed by atoms with Crippen molar-refractivity contribution in [2.45, 2.75) is 25.0 Å². The second kappa shape index (κ2) is 4.10. The first-order chi connectivity index (χ1) is 9.07. The third kappa shape index (κ3) is 1.75. The van der Waals surface area contributed by atoms with Gasteiger partial charge in [-0.05, 0) is 36.3 Å². The SMILES string of the molecule is COC(=O)C1=CC2OC1(C)Cc1ccc(OC)cc12. The number of esters is 1. The Morgan fingerprint density at radius 3 is 2.89 bits per heavy atom. The van der Waals surface area contributed by atoms with E-state index in [1.807, 2.05) is 31.2 Å². The smallest absolute Gasteiger partial charge is 0.336 e. The Labute approximate surface area is 112 Å². The van der Waals surface area contributed by atoms with Gasteiger partial charge in [-0.3, -0.25) is 0 Å². The number of hydrogen-bond donors (Lipinski definition) is 0. The van der Waals surface area contributed by atoms with Crippen LogP contribution in [0.3, 0.4) is 0 Å². The van der Waals surface area contributed by atoms with Crippen molar-refractivity contribution in [3.63, 3.8) is 0 Å². The summed E-state index contributed by atoms with van der Waals surface area (Å²) in [4.78, 5) is 11.8. The highest BCUT2D eigenvalue weighted by molar-refractivity contribution is 5.91. The molecule has 2 unspecified atom stereocenters. The lowest BCUT2D eigenvalue weighted by atomic mass is 9.88. The number of carbonyl (C=O) groups is 1. The molecule has 0 saturated carbocycles. The first-order valence-corrected chi connectivity index (χ1v) is 6.22. The van der Waals surface area contributed by atoms with Crippen LogP contribution in [0.4, 0.5) is 0 Å². The summed E-state index contributed by atoms with van der Waals surface area (Å²) < 4.78 is 16.1. The molecule has 0 aromatic heterocycles. The van der Waals surface area contributed by atoms with Gasteiger partial charge in [0, 0.05) is 6.42 Å². The van der Waals surface area contributed by atoms with Gasteiger partial charge in [0.25, 0.3) is 0 Å². The van der Waals surface area contributed by atoms with Crippen LogP contribution in [0.2, 0.25) is 0 Å². The van der Waals surface area contributed by atoms with Crippen molar-refractivity contribution in [3.8, 4) is 5.75 Å². The third-order valence-corrected chi connectivity index (χ3v) is 3.87. The van der Waals surface area contributed by atoms with Crippen LogP contribution in [0.15, 0.2) is 29.8 Å². The van der Waals surface area contributed by atoms with Crippen molar-refractivity contribution in [1.29, 1.82) is 0 Å². The molecule has 0 aliphatic carbocycles. The fourth-order valence-electron chi connectivity index (χ4n) is 2.88. The molecule has 0 N–H and O–H groups in total. The van der Waals surface area contributed by atoms with Crippen LogP contribution in [0.1, 0.15) is 24.2 Å². The Bertz CT molecular complexity index is 576. The van der Waals surface area contributed by atoms with Gasteiger partial charge >= 0.3 is 5.97 Å². The summed E-state index contributed by atoms with van der Waals surface area (Å²) in [6, 6.07) is 5.94. The maximum Gasteiger partial charge on any atom is 0.336 e. The molecule has 0 saturated heterocycles. The van der Waals surface area contributed by atoms with Crippen molar-refractivity contribution in [2.75, 3.05) is 14.2 Å². The molecule has 2 bridgehead atoms. The summed E-state index contributed by atoms with van der Waals surface area (Å²) in [5, 5.41) is 0. The standard InChI is InChI=1S/C15H16O4/c1-15-8-9-4-5-10(17-2)6-11(9)13(19-15)7-12(15)14(16)18-3/h4-7,13H,8H2,1-3H3. The van der Waals surface area contributed by atoms with Crippen LogP contribution in [-0.2, 0) is 20.7 Å². The molecule has 0 amide bonds. The van der Waals surface area contributed by atoms with Gasteiger partial charge in [-0.1, -0.05) is 6.07 Å². The summed E-state index contributed by atoms with van der Waals surface area (Å²) in [5.74, 6) is 0.482. The maximum atomic E-state index is 11.8. The Morgan fingerprint density at radius 2 is 2.21 bits per heavy atom. The summed E-state index contributed by atoms with van der Waals surface area (Å²) in [5.41, 5.74) is 2.28. The molecule has 2 aliphatic heterocycles. The topological polar surface area (TPSA) is 44.8 Å². The largest absolute Gasteiger partial charge is 0.497 e. The van der Waals surface area contributed by atoms with Gasteiger partial charge < -0.3 is 14.2 Å². The molecule has 1 aromatic rings. The van der Waals surface area contributed by atoms with Crippen LogP contribution >= 0.6 is 0 Å². The number of hydrogen-bond acceptors (Lipinski definition) is 4. The molecule has 2 heterocycles. The van der Waals surface area contributed by atoms with E-state index in [9.17, 15) is 4.79 Å². The number of fused-ring (bicyclic) bond motifs is 4. The van der Waals surface area contributed by atoms with E-state index in [1.165, 1.54) is 12.7 Å². The number of carbonyl (C=O) groups excluding carboxylic acids is 1. The summed E-state index contributed by atoms with van der Waals surface area (Å²) >= 11 is 0. The van der Waals surface area contributed by atoms with Gasteiger partial charge in [0.05, 0.1) is 19.8 Å². The normalized spacial score (nSPS) is 27.5. The monoisotopic (exact) mass is 260 g/mol. The van der Waals surface area contributed by atoms with Crippen LogP contribution < -0.4 is 4.74 Å². The molecule has 2 atom stereocenters. The first kappa shape index (κ1) is 12.2. The Hall–Kier alpha value is -1.81. The van der Waals surface area contributed by atoms with Crippen molar-refractivity contribution >= 4 is 5.97 Å². The molecule has 1 aromatic carbocycles. The predicted molar refractivity (Wildman–Crippen MR) is 69.0 cm³/mol. The zero-order chi connectivity index (χ0) is 13.6. The number of benzene rings is 1. The predicted octanol–water partition coefficient (Wildman–Crippen LogP) is 2.18. The summed E-state index contributed by atoms with van der Waals surface area (Å²) in [6.07, 6.45) is 2.33. The highest BCUT2D eigenvalue weighted by atomic mass is 16.5. The quantitative estimate of drug-likeness (QED) is 0.765. The second-order valence-corrected chi connectivity index (χ2v) is 5.08. The van der Waals surface area contributed by atoms with E-state index in [2.05, 4.69) is 0 Å². The molecule has 0 spiro atoms. The van der Waals surface area contributed by atoms with Crippen LogP contribution in [-0.4, -0.2) is 25.8 Å². The molecule has 2 aliphatic rings. The van der Waals surface area contributed by atoms with Crippen LogP contribution in [0, 0.1) is 0 Å². The van der Waals surface area contributed by atoms with Crippen LogP contribution in [0.25, 0.3) is 0 Å². The van der Waals surface area contributed by atoms with Crippen molar-refractivity contribution in [3.05, 3.63) is 41.0 Å². The lowest BCUT2D eigenvalue weighted by Crippen LogP contribution is -2.37. The molecule has 100 valence electrons. The third-order valence-electron chi connectivity index (χ3n) is 3.87. The summed E-state index contributed by atoms with van der Waals surface area (Å²) in [6.45, 7) is 1.93. The van der Waals surface area contributed by atoms with Crippen molar-refractivity contribution < 1.29 is 19.0 Å². The molecule has 0 radical (unpaired) electrons. The zero-order valence-electron chi connectivity index (χ0n) is 11.2. The average Bonchev–Trinajstić information content (AvgIpc) is 2.70. The van der Waals surface area contributed by atoms with E-state index in [-0.39, 0.29) is 12.1 Å². The van der Waals surface area contributed by atoms with E-state index in [0.717, 1.165) is 11.3 Å². The van der Waals surface area contributed by atoms with E-state index >= 15 is 0 Å². The molecule has 19 heavy (non-hydrogen) atoms. The van der Waals surface area contributed by atoms with Crippen LogP contribution in [0.5, 0.6) is 5.75 Å². The average molecular weight is 260 g/mol. The lowest BCUT2D eigenvalue weighted by molar-refractivity contribution is -0.139. The fraction of sp³-hybridized carbons (Fsp3) is 0.400. The van der Waals surface area contributed by atoms with Gasteiger partial charge in [0.2, 0.25) is 0 Å². The second-order valence-electron chi connectivity index (χ2n) is 5.08. The van der Waals surface area contributed by atoms with E-state index < -0.39 is 5.60 Å². The zero-order valence-corrected chi connectivity index (χ0v) is 11.2. The minimum atomic E-state index is -0.584. The minimum absolute atomic E-state index is 0.196. The highest BCUT2D eigenvalue weighted by Gasteiger charge is 2.47. The van der Waals surface area contributed by atoms with Gasteiger partial charge in [-0.15, -0.1) is 0 Å². The van der Waals surface area contributed by atoms with Crippen molar-refractivity contribution in [1.82, 2.24) is 0 Å².